The minimum absolute atomic E-state index is 0.0555. The van der Waals surface area contributed by atoms with Crippen molar-refractivity contribution in [1.82, 2.24) is 10.1 Å². The molecule has 33 heavy (non-hydrogen) atoms. The summed E-state index contributed by atoms with van der Waals surface area (Å²) in [6, 6.07) is 12.4. The number of carbonyl (C=O) groups excluding carboxylic acids is 1. The van der Waals surface area contributed by atoms with E-state index in [0.717, 1.165) is 12.1 Å². The van der Waals surface area contributed by atoms with E-state index < -0.39 is 29.7 Å². The molecule has 3 rings (SSSR count). The summed E-state index contributed by atoms with van der Waals surface area (Å²) < 4.78 is 49.4. The Morgan fingerprint density at radius 3 is 2.58 bits per heavy atom. The Balaban J connectivity index is 1.70. The van der Waals surface area contributed by atoms with Gasteiger partial charge in [-0.1, -0.05) is 29.4 Å². The van der Waals surface area contributed by atoms with Gasteiger partial charge in [0.05, 0.1) is 12.0 Å². The zero-order valence-electron chi connectivity index (χ0n) is 17.8. The maximum Gasteiger partial charge on any atom is 0.416 e. The molecule has 0 aliphatic carbocycles. The number of carboxylic acids is 1. The Morgan fingerprint density at radius 2 is 1.88 bits per heavy atom. The van der Waals surface area contributed by atoms with Crippen molar-refractivity contribution >= 4 is 11.9 Å². The molecule has 0 aliphatic rings. The molecule has 1 N–H and O–H groups in total. The highest BCUT2D eigenvalue weighted by Crippen LogP contribution is 2.30. The number of carboxylic acid groups (broad SMARTS) is 1. The summed E-state index contributed by atoms with van der Waals surface area (Å²) in [7, 11) is 1.47. The molecule has 0 aliphatic heterocycles. The summed E-state index contributed by atoms with van der Waals surface area (Å²) in [6.45, 7) is 1.54. The number of hydrogen-bond acceptors (Lipinski definition) is 5. The average Bonchev–Trinajstić information content (AvgIpc) is 3.26. The zero-order valence-corrected chi connectivity index (χ0v) is 17.8. The molecule has 7 nitrogen and oxygen atoms in total. The van der Waals surface area contributed by atoms with E-state index in [0.29, 0.717) is 22.6 Å². The van der Waals surface area contributed by atoms with E-state index in [1.807, 2.05) is 0 Å². The Hall–Kier alpha value is -3.82. The number of alkyl halides is 3. The van der Waals surface area contributed by atoms with Crippen molar-refractivity contribution in [2.24, 2.45) is 0 Å². The van der Waals surface area contributed by atoms with Crippen LogP contribution in [0.4, 0.5) is 13.2 Å². The number of nitrogens with zero attached hydrogens (tertiary/aromatic N) is 2. The number of amides is 1. The van der Waals surface area contributed by atoms with Gasteiger partial charge in [-0.15, -0.1) is 0 Å². The quantitative estimate of drug-likeness (QED) is 0.513. The molecule has 1 atom stereocenters. The molecule has 0 spiro atoms. The number of halogens is 3. The Morgan fingerprint density at radius 1 is 1.15 bits per heavy atom. The lowest BCUT2D eigenvalue weighted by atomic mass is 10.1. The van der Waals surface area contributed by atoms with E-state index in [2.05, 4.69) is 5.16 Å². The first-order valence-corrected chi connectivity index (χ1v) is 9.89. The van der Waals surface area contributed by atoms with Crippen molar-refractivity contribution in [2.45, 2.75) is 32.2 Å². The molecule has 3 aromatic rings. The van der Waals surface area contributed by atoms with Gasteiger partial charge in [-0.3, -0.25) is 9.59 Å². The molecular formula is C23H21F3N2O5. The Labute approximate surface area is 187 Å². The van der Waals surface area contributed by atoms with Crippen LogP contribution in [-0.4, -0.2) is 40.1 Å². The third kappa shape index (κ3) is 6.12. The fourth-order valence-corrected chi connectivity index (χ4v) is 3.02. The van der Waals surface area contributed by atoms with Crippen LogP contribution in [0.25, 0.3) is 11.3 Å². The summed E-state index contributed by atoms with van der Waals surface area (Å²) in [6.07, 6.45) is -4.65. The minimum Gasteiger partial charge on any atom is -0.489 e. The standard InChI is InChI=1S/C23H21F3N2O5/c1-14(9-21(29)30)28(2)22(31)20-12-19(27-33-20)16-6-4-8-18(11-16)32-13-15-5-3-7-17(10-15)23(24,25)26/h3-8,10-12,14H,9,13H2,1-2H3,(H,29,30). The van der Waals surface area contributed by atoms with Crippen LogP contribution in [0, 0.1) is 0 Å². The van der Waals surface area contributed by atoms with Crippen LogP contribution in [0.3, 0.4) is 0 Å². The molecule has 0 radical (unpaired) electrons. The predicted octanol–water partition coefficient (Wildman–Crippen LogP) is 4.87. The van der Waals surface area contributed by atoms with Crippen molar-refractivity contribution in [2.75, 3.05) is 7.05 Å². The highest BCUT2D eigenvalue weighted by molar-refractivity contribution is 5.92. The topological polar surface area (TPSA) is 92.9 Å². The number of rotatable bonds is 8. The van der Waals surface area contributed by atoms with Crippen LogP contribution in [0.2, 0.25) is 0 Å². The van der Waals surface area contributed by atoms with Crippen molar-refractivity contribution in [3.05, 3.63) is 71.5 Å². The first-order chi connectivity index (χ1) is 15.5. The van der Waals surface area contributed by atoms with Gasteiger partial charge in [-0.05, 0) is 36.8 Å². The van der Waals surface area contributed by atoms with E-state index in [9.17, 15) is 22.8 Å². The average molecular weight is 462 g/mol. The monoisotopic (exact) mass is 462 g/mol. The maximum absolute atomic E-state index is 12.9. The zero-order chi connectivity index (χ0) is 24.2. The van der Waals surface area contributed by atoms with Gasteiger partial charge < -0.3 is 19.3 Å². The second kappa shape index (κ2) is 9.76. The van der Waals surface area contributed by atoms with Crippen LogP contribution < -0.4 is 4.74 Å². The lowest BCUT2D eigenvalue weighted by Gasteiger charge is -2.22. The van der Waals surface area contributed by atoms with Crippen LogP contribution in [0.5, 0.6) is 5.75 Å². The van der Waals surface area contributed by atoms with Gasteiger partial charge in [0.25, 0.3) is 5.91 Å². The summed E-state index contributed by atoms with van der Waals surface area (Å²) >= 11 is 0. The van der Waals surface area contributed by atoms with E-state index in [4.69, 9.17) is 14.4 Å². The van der Waals surface area contributed by atoms with Crippen LogP contribution >= 0.6 is 0 Å². The molecule has 0 bridgehead atoms. The first kappa shape index (κ1) is 23.8. The lowest BCUT2D eigenvalue weighted by molar-refractivity contribution is -0.138. The van der Waals surface area contributed by atoms with E-state index in [1.165, 1.54) is 30.1 Å². The van der Waals surface area contributed by atoms with E-state index in [1.54, 1.807) is 31.2 Å². The van der Waals surface area contributed by atoms with Crippen LogP contribution in [0.1, 0.15) is 35.0 Å². The number of benzene rings is 2. The Bertz CT molecular complexity index is 1140. The normalized spacial score (nSPS) is 12.3. The van der Waals surface area contributed by atoms with Crippen molar-refractivity contribution in [3.8, 4) is 17.0 Å². The van der Waals surface area contributed by atoms with E-state index >= 15 is 0 Å². The fourth-order valence-electron chi connectivity index (χ4n) is 3.02. The number of hydrogen-bond donors (Lipinski definition) is 1. The van der Waals surface area contributed by atoms with Gasteiger partial charge in [0.2, 0.25) is 5.76 Å². The molecule has 1 aromatic heterocycles. The van der Waals surface area contributed by atoms with Crippen LogP contribution in [-0.2, 0) is 17.6 Å². The molecule has 1 heterocycles. The summed E-state index contributed by atoms with van der Waals surface area (Å²) in [4.78, 5) is 24.7. The van der Waals surface area contributed by atoms with Gasteiger partial charge in [0.15, 0.2) is 0 Å². The van der Waals surface area contributed by atoms with E-state index in [-0.39, 0.29) is 18.8 Å². The fraction of sp³-hybridized carbons (Fsp3) is 0.261. The smallest absolute Gasteiger partial charge is 0.416 e. The van der Waals surface area contributed by atoms with Crippen molar-refractivity contribution in [3.63, 3.8) is 0 Å². The molecular weight excluding hydrogens is 441 g/mol. The molecule has 0 fully saturated rings. The minimum atomic E-state index is -4.43. The second-order valence-corrected chi connectivity index (χ2v) is 7.45. The highest BCUT2D eigenvalue weighted by Gasteiger charge is 2.30. The first-order valence-electron chi connectivity index (χ1n) is 9.89. The SMILES string of the molecule is CC(CC(=O)O)N(C)C(=O)c1cc(-c2cccc(OCc3cccc(C(F)(F)F)c3)c2)no1. The highest BCUT2D eigenvalue weighted by atomic mass is 19.4. The lowest BCUT2D eigenvalue weighted by Crippen LogP contribution is -2.36. The predicted molar refractivity (Wildman–Crippen MR) is 112 cm³/mol. The van der Waals surface area contributed by atoms with Gasteiger partial charge in [-0.2, -0.15) is 13.2 Å². The summed E-state index contributed by atoms with van der Waals surface area (Å²) in [5.41, 5.74) is 0.533. The number of carbonyl (C=O) groups is 2. The van der Waals surface area contributed by atoms with Gasteiger partial charge >= 0.3 is 12.1 Å². The third-order valence-electron chi connectivity index (χ3n) is 4.96. The Kier molecular flexibility index (Phi) is 7.05. The number of aliphatic carboxylic acids is 1. The molecule has 0 saturated heterocycles. The molecule has 2 aromatic carbocycles. The van der Waals surface area contributed by atoms with Gasteiger partial charge in [-0.25, -0.2) is 0 Å². The largest absolute Gasteiger partial charge is 0.489 e. The molecule has 0 saturated carbocycles. The van der Waals surface area contributed by atoms with Gasteiger partial charge in [0.1, 0.15) is 18.1 Å². The summed E-state index contributed by atoms with van der Waals surface area (Å²) in [5, 5.41) is 12.8. The number of aromatic nitrogens is 1. The van der Waals surface area contributed by atoms with Crippen LogP contribution in [0.15, 0.2) is 59.1 Å². The molecule has 1 unspecified atom stereocenters. The number of ether oxygens (including phenoxy) is 1. The molecule has 174 valence electrons. The molecule has 1 amide bonds. The second-order valence-electron chi connectivity index (χ2n) is 7.45. The van der Waals surface area contributed by atoms with Gasteiger partial charge in [0, 0.05) is 24.7 Å². The summed E-state index contributed by atoms with van der Waals surface area (Å²) in [5.74, 6) is -1.20. The molecule has 10 heteroatoms. The van der Waals surface area contributed by atoms with Crippen molar-refractivity contribution in [1.29, 1.82) is 0 Å². The maximum atomic E-state index is 12.9. The third-order valence-corrected chi connectivity index (χ3v) is 4.96. The van der Waals surface area contributed by atoms with Crippen molar-refractivity contribution < 1.29 is 37.1 Å².